The minimum atomic E-state index is -0.548. The summed E-state index contributed by atoms with van der Waals surface area (Å²) in [6.45, 7) is 1.92. The van der Waals surface area contributed by atoms with E-state index in [1.54, 1.807) is 0 Å². The number of rotatable bonds is 2. The normalized spacial score (nSPS) is 10.5. The van der Waals surface area contributed by atoms with E-state index in [0.717, 1.165) is 15.6 Å². The first-order chi connectivity index (χ1) is 8.10. The van der Waals surface area contributed by atoms with Gasteiger partial charge in [0.15, 0.2) is 6.29 Å². The summed E-state index contributed by atoms with van der Waals surface area (Å²) in [4.78, 5) is 25.6. The second-order valence-corrected chi connectivity index (χ2v) is 4.44. The molecule has 2 aromatic rings. The van der Waals surface area contributed by atoms with Gasteiger partial charge in [-0.25, -0.2) is 4.79 Å². The highest BCUT2D eigenvalue weighted by atomic mass is 79.9. The van der Waals surface area contributed by atoms with Crippen molar-refractivity contribution in [2.24, 2.45) is 0 Å². The Labute approximate surface area is 106 Å². The minimum Gasteiger partial charge on any atom is -0.464 e. The first kappa shape index (κ1) is 11.9. The second-order valence-electron chi connectivity index (χ2n) is 3.64. The zero-order valence-electron chi connectivity index (χ0n) is 9.33. The van der Waals surface area contributed by atoms with Gasteiger partial charge in [-0.2, -0.15) is 0 Å². The summed E-state index contributed by atoms with van der Waals surface area (Å²) in [7, 11) is 1.28. The molecule has 17 heavy (non-hydrogen) atoms. The van der Waals surface area contributed by atoms with Crippen molar-refractivity contribution < 1.29 is 14.3 Å². The van der Waals surface area contributed by atoms with Gasteiger partial charge in [0, 0.05) is 15.4 Å². The third-order valence-electron chi connectivity index (χ3n) is 2.64. The van der Waals surface area contributed by atoms with Gasteiger partial charge in [-0.1, -0.05) is 6.07 Å². The van der Waals surface area contributed by atoms with Gasteiger partial charge in [-0.15, -0.1) is 0 Å². The number of methoxy groups -OCH3 is 1. The van der Waals surface area contributed by atoms with Crippen LogP contribution in [-0.4, -0.2) is 24.3 Å². The zero-order valence-corrected chi connectivity index (χ0v) is 10.9. The molecule has 0 unspecified atom stereocenters. The van der Waals surface area contributed by atoms with Crippen LogP contribution in [0.25, 0.3) is 10.9 Å². The van der Waals surface area contributed by atoms with E-state index in [0.29, 0.717) is 17.2 Å². The molecule has 0 spiro atoms. The topological polar surface area (TPSA) is 59.2 Å². The molecule has 0 aliphatic carbocycles. The number of ether oxygens (including phenoxy) is 1. The summed E-state index contributed by atoms with van der Waals surface area (Å²) >= 11 is 3.43. The summed E-state index contributed by atoms with van der Waals surface area (Å²) in [5, 5.41) is 0.709. The maximum absolute atomic E-state index is 11.5. The highest BCUT2D eigenvalue weighted by Crippen LogP contribution is 2.31. The van der Waals surface area contributed by atoms with Crippen molar-refractivity contribution in [2.75, 3.05) is 7.11 Å². The number of H-pyrrole nitrogens is 1. The summed E-state index contributed by atoms with van der Waals surface area (Å²) in [5.74, 6) is -0.548. The fourth-order valence-electron chi connectivity index (χ4n) is 1.76. The summed E-state index contributed by atoms with van der Waals surface area (Å²) in [5.41, 5.74) is 2.23. The Morgan fingerprint density at radius 2 is 2.18 bits per heavy atom. The quantitative estimate of drug-likeness (QED) is 0.685. The largest absolute Gasteiger partial charge is 0.464 e. The van der Waals surface area contributed by atoms with Crippen LogP contribution in [0.1, 0.15) is 26.4 Å². The first-order valence-corrected chi connectivity index (χ1v) is 5.73. The second kappa shape index (κ2) is 4.33. The van der Waals surface area contributed by atoms with Crippen LogP contribution < -0.4 is 0 Å². The smallest absolute Gasteiger partial charge is 0.355 e. The summed E-state index contributed by atoms with van der Waals surface area (Å²) in [6, 6.07) is 3.73. The zero-order chi connectivity index (χ0) is 12.6. The lowest BCUT2D eigenvalue weighted by molar-refractivity contribution is 0.0593. The third-order valence-corrected chi connectivity index (χ3v) is 3.66. The van der Waals surface area contributed by atoms with Crippen molar-refractivity contribution in [3.05, 3.63) is 33.4 Å². The number of benzene rings is 1. The molecule has 0 atom stereocenters. The SMILES string of the molecule is COC(=O)c1[nH]c2ccc(C)c(Br)c2c1C=O. The lowest BCUT2D eigenvalue weighted by Crippen LogP contribution is -2.04. The molecule has 88 valence electrons. The Morgan fingerprint density at radius 1 is 1.47 bits per heavy atom. The first-order valence-electron chi connectivity index (χ1n) is 4.94. The molecule has 5 heteroatoms. The average molecular weight is 296 g/mol. The third kappa shape index (κ3) is 1.76. The van der Waals surface area contributed by atoms with Crippen molar-refractivity contribution in [2.45, 2.75) is 6.92 Å². The number of fused-ring (bicyclic) bond motifs is 1. The number of hydrogen-bond donors (Lipinski definition) is 1. The Kier molecular flexibility index (Phi) is 3.02. The van der Waals surface area contributed by atoms with Crippen molar-refractivity contribution in [3.63, 3.8) is 0 Å². The number of aromatic amines is 1. The van der Waals surface area contributed by atoms with Crippen molar-refractivity contribution in [3.8, 4) is 0 Å². The van der Waals surface area contributed by atoms with Crippen LogP contribution in [0.3, 0.4) is 0 Å². The molecule has 1 heterocycles. The predicted molar refractivity (Wildman–Crippen MR) is 67.5 cm³/mol. The van der Waals surface area contributed by atoms with Crippen LogP contribution in [0.15, 0.2) is 16.6 Å². The summed E-state index contributed by atoms with van der Waals surface area (Å²) < 4.78 is 5.44. The standard InChI is InChI=1S/C12H10BrNO3/c1-6-3-4-8-9(10(6)13)7(5-15)11(14-8)12(16)17-2/h3-5,14H,1-2H3. The maximum Gasteiger partial charge on any atom is 0.355 e. The number of aldehydes is 1. The number of carbonyl (C=O) groups is 2. The molecular weight excluding hydrogens is 286 g/mol. The van der Waals surface area contributed by atoms with Crippen LogP contribution >= 0.6 is 15.9 Å². The number of hydrogen-bond acceptors (Lipinski definition) is 3. The minimum absolute atomic E-state index is 0.184. The molecule has 0 radical (unpaired) electrons. The lowest BCUT2D eigenvalue weighted by Gasteiger charge is -2.00. The molecule has 0 amide bonds. The van der Waals surface area contributed by atoms with Crippen molar-refractivity contribution >= 4 is 39.1 Å². The van der Waals surface area contributed by atoms with Gasteiger partial charge in [0.2, 0.25) is 0 Å². The van der Waals surface area contributed by atoms with Gasteiger partial charge in [-0.05, 0) is 34.5 Å². The highest BCUT2D eigenvalue weighted by Gasteiger charge is 2.19. The molecule has 2 rings (SSSR count). The molecule has 4 nitrogen and oxygen atoms in total. The molecule has 1 aromatic carbocycles. The van der Waals surface area contributed by atoms with Crippen molar-refractivity contribution in [1.29, 1.82) is 0 Å². The fourth-order valence-corrected chi connectivity index (χ4v) is 2.31. The lowest BCUT2D eigenvalue weighted by atomic mass is 10.1. The number of carbonyl (C=O) groups excluding carboxylic acids is 2. The van der Waals surface area contributed by atoms with E-state index in [-0.39, 0.29) is 5.69 Å². The number of aromatic nitrogens is 1. The number of esters is 1. The number of aryl methyl sites for hydroxylation is 1. The van der Waals surface area contributed by atoms with E-state index >= 15 is 0 Å². The Hall–Kier alpha value is -1.62. The summed E-state index contributed by atoms with van der Waals surface area (Å²) in [6.07, 6.45) is 0.662. The Balaban J connectivity index is 2.86. The molecule has 0 saturated heterocycles. The van der Waals surface area contributed by atoms with E-state index < -0.39 is 5.97 Å². The Bertz CT molecular complexity index is 616. The molecular formula is C12H10BrNO3. The van der Waals surface area contributed by atoms with E-state index in [2.05, 4.69) is 25.7 Å². The van der Waals surface area contributed by atoms with Crippen molar-refractivity contribution in [1.82, 2.24) is 4.98 Å². The molecule has 0 aliphatic rings. The van der Waals surface area contributed by atoms with Gasteiger partial charge in [-0.3, -0.25) is 4.79 Å². The molecule has 0 saturated carbocycles. The Morgan fingerprint density at radius 3 is 2.76 bits per heavy atom. The molecule has 1 aromatic heterocycles. The van der Waals surface area contributed by atoms with Gasteiger partial charge in [0.25, 0.3) is 0 Å². The highest BCUT2D eigenvalue weighted by molar-refractivity contribution is 9.10. The van der Waals surface area contributed by atoms with Crippen LogP contribution in [0.4, 0.5) is 0 Å². The van der Waals surface area contributed by atoms with Gasteiger partial charge < -0.3 is 9.72 Å². The number of nitrogens with one attached hydrogen (secondary N) is 1. The molecule has 1 N–H and O–H groups in total. The van der Waals surface area contributed by atoms with Crippen LogP contribution in [0.2, 0.25) is 0 Å². The molecule has 0 bridgehead atoms. The van der Waals surface area contributed by atoms with Crippen LogP contribution in [-0.2, 0) is 4.74 Å². The number of halogens is 1. The predicted octanol–water partition coefficient (Wildman–Crippen LogP) is 2.84. The van der Waals surface area contributed by atoms with E-state index in [1.807, 2.05) is 19.1 Å². The van der Waals surface area contributed by atoms with E-state index in [4.69, 9.17) is 0 Å². The fraction of sp³-hybridized carbons (Fsp3) is 0.167. The average Bonchev–Trinajstić information content (AvgIpc) is 2.72. The maximum atomic E-state index is 11.5. The monoisotopic (exact) mass is 295 g/mol. The van der Waals surface area contributed by atoms with Crippen LogP contribution in [0, 0.1) is 6.92 Å². The molecule has 0 fully saturated rings. The van der Waals surface area contributed by atoms with E-state index in [1.165, 1.54) is 7.11 Å². The van der Waals surface area contributed by atoms with Gasteiger partial charge in [0.1, 0.15) is 5.69 Å². The molecule has 0 aliphatic heterocycles. The van der Waals surface area contributed by atoms with E-state index in [9.17, 15) is 9.59 Å². The van der Waals surface area contributed by atoms with Crippen LogP contribution in [0.5, 0.6) is 0 Å². The van der Waals surface area contributed by atoms with Gasteiger partial charge >= 0.3 is 5.97 Å². The van der Waals surface area contributed by atoms with Gasteiger partial charge in [0.05, 0.1) is 12.7 Å².